The van der Waals surface area contributed by atoms with Gasteiger partial charge in [0, 0.05) is 16.5 Å². The van der Waals surface area contributed by atoms with Crippen molar-refractivity contribution in [2.45, 2.75) is 4.90 Å². The van der Waals surface area contributed by atoms with Gasteiger partial charge >= 0.3 is 5.95 Å². The molecule has 1 atom stereocenters. The highest BCUT2D eigenvalue weighted by molar-refractivity contribution is 7.80. The fraction of sp³-hybridized carbons (Fsp3) is 0.167. The normalized spacial score (nSPS) is 12.4. The lowest BCUT2D eigenvalue weighted by molar-refractivity contribution is -0.657. The van der Waals surface area contributed by atoms with Gasteiger partial charge in [0.2, 0.25) is 0 Å². The predicted octanol–water partition coefficient (Wildman–Crippen LogP) is 3.68. The van der Waals surface area contributed by atoms with Gasteiger partial charge in [-0.2, -0.15) is 0 Å². The molecule has 0 spiro atoms. The maximum atomic E-state index is 11.6. The predicted molar refractivity (Wildman–Crippen MR) is 100 cm³/mol. The average molecular weight is 370 g/mol. The SMILES string of the molecule is COS(=O)c1ccc(Nc2ccc(N=Nc3n(C)cc[n+]3C)cc2)cc1. The van der Waals surface area contributed by atoms with Crippen LogP contribution in [0.2, 0.25) is 0 Å². The molecule has 8 heteroatoms. The van der Waals surface area contributed by atoms with Crippen molar-refractivity contribution in [3.05, 3.63) is 60.9 Å². The molecule has 1 N–H and O–H groups in total. The minimum absolute atomic E-state index is 0.627. The van der Waals surface area contributed by atoms with Crippen LogP contribution < -0.4 is 9.88 Å². The topological polar surface area (TPSA) is 71.9 Å². The molecule has 3 aromatic rings. The van der Waals surface area contributed by atoms with E-state index in [4.69, 9.17) is 4.18 Å². The fourth-order valence-electron chi connectivity index (χ4n) is 2.35. The lowest BCUT2D eigenvalue weighted by Crippen LogP contribution is -2.25. The van der Waals surface area contributed by atoms with Crippen LogP contribution in [0.5, 0.6) is 0 Å². The highest BCUT2D eigenvalue weighted by Crippen LogP contribution is 2.22. The summed E-state index contributed by atoms with van der Waals surface area (Å²) < 4.78 is 20.2. The number of anilines is 2. The Morgan fingerprint density at radius 3 is 2.19 bits per heavy atom. The third-order valence-corrected chi connectivity index (χ3v) is 4.71. The molecule has 2 aromatic carbocycles. The maximum Gasteiger partial charge on any atom is 0.421 e. The van der Waals surface area contributed by atoms with Crippen molar-refractivity contribution >= 4 is 34.1 Å². The molecule has 1 heterocycles. The van der Waals surface area contributed by atoms with Crippen molar-refractivity contribution < 1.29 is 13.0 Å². The molecule has 134 valence electrons. The molecule has 0 saturated heterocycles. The Bertz CT molecular complexity index is 914. The lowest BCUT2D eigenvalue weighted by Gasteiger charge is -2.07. The number of hydrogen-bond donors (Lipinski definition) is 1. The minimum atomic E-state index is -1.42. The van der Waals surface area contributed by atoms with E-state index in [0.29, 0.717) is 4.90 Å². The quantitative estimate of drug-likeness (QED) is 0.531. The molecule has 0 aliphatic carbocycles. The van der Waals surface area contributed by atoms with Gasteiger partial charge in [-0.25, -0.2) is 13.3 Å². The van der Waals surface area contributed by atoms with Crippen molar-refractivity contribution in [1.82, 2.24) is 4.57 Å². The first kappa shape index (κ1) is 18.0. The molecule has 0 amide bonds. The summed E-state index contributed by atoms with van der Waals surface area (Å²) in [7, 11) is 5.27. The van der Waals surface area contributed by atoms with E-state index in [-0.39, 0.29) is 0 Å². The molecule has 0 aliphatic heterocycles. The second kappa shape index (κ2) is 8.03. The number of nitrogens with zero attached hydrogens (tertiary/aromatic N) is 4. The molecular formula is C18H20N5O2S+. The number of benzene rings is 2. The van der Waals surface area contributed by atoms with Crippen LogP contribution in [-0.4, -0.2) is 15.9 Å². The number of rotatable bonds is 6. The number of aryl methyl sites for hydroxylation is 2. The Kier molecular flexibility index (Phi) is 5.55. The van der Waals surface area contributed by atoms with Gasteiger partial charge in [0.25, 0.3) is 0 Å². The van der Waals surface area contributed by atoms with Crippen LogP contribution in [0.1, 0.15) is 0 Å². The molecule has 0 fully saturated rings. The smallest absolute Gasteiger partial charge is 0.356 e. The van der Waals surface area contributed by atoms with Crippen LogP contribution in [0.15, 0.2) is 76.0 Å². The summed E-state index contributed by atoms with van der Waals surface area (Å²) in [5, 5.41) is 11.8. The van der Waals surface area contributed by atoms with Crippen molar-refractivity contribution in [1.29, 1.82) is 0 Å². The van der Waals surface area contributed by atoms with Gasteiger partial charge in [0.1, 0.15) is 5.69 Å². The Balaban J connectivity index is 1.67. The van der Waals surface area contributed by atoms with Crippen molar-refractivity contribution in [3.8, 4) is 0 Å². The number of imidazole rings is 1. The lowest BCUT2D eigenvalue weighted by atomic mass is 10.2. The minimum Gasteiger partial charge on any atom is -0.356 e. The molecule has 0 saturated carbocycles. The van der Waals surface area contributed by atoms with E-state index in [1.807, 2.05) is 72.0 Å². The van der Waals surface area contributed by atoms with Gasteiger partial charge in [-0.15, -0.1) is 0 Å². The molecule has 0 radical (unpaired) electrons. The Morgan fingerprint density at radius 2 is 1.65 bits per heavy atom. The van der Waals surface area contributed by atoms with E-state index in [1.165, 1.54) is 7.11 Å². The average Bonchev–Trinajstić information content (AvgIpc) is 2.99. The zero-order chi connectivity index (χ0) is 18.5. The first-order valence-corrected chi connectivity index (χ1v) is 9.00. The van der Waals surface area contributed by atoms with Gasteiger partial charge in [-0.1, -0.05) is 5.11 Å². The summed E-state index contributed by atoms with van der Waals surface area (Å²) in [5.74, 6) is 0.765. The highest BCUT2D eigenvalue weighted by Gasteiger charge is 2.10. The van der Waals surface area contributed by atoms with Gasteiger partial charge in [-0.05, 0) is 48.5 Å². The van der Waals surface area contributed by atoms with Gasteiger partial charge in [0.05, 0.1) is 38.5 Å². The number of hydrogen-bond acceptors (Lipinski definition) is 5. The van der Waals surface area contributed by atoms with E-state index in [1.54, 1.807) is 12.1 Å². The molecule has 3 rings (SSSR count). The summed E-state index contributed by atoms with van der Waals surface area (Å²) in [4.78, 5) is 0.627. The molecule has 1 aromatic heterocycles. The highest BCUT2D eigenvalue weighted by atomic mass is 32.2. The van der Waals surface area contributed by atoms with Crippen molar-refractivity contribution in [3.63, 3.8) is 0 Å². The summed E-state index contributed by atoms with van der Waals surface area (Å²) in [6.45, 7) is 0. The number of aromatic nitrogens is 2. The molecule has 26 heavy (non-hydrogen) atoms. The first-order valence-electron chi connectivity index (χ1n) is 7.93. The van der Waals surface area contributed by atoms with Crippen LogP contribution in [0.3, 0.4) is 0 Å². The van der Waals surface area contributed by atoms with E-state index in [2.05, 4.69) is 15.5 Å². The van der Waals surface area contributed by atoms with Crippen LogP contribution >= 0.6 is 0 Å². The summed E-state index contributed by atoms with van der Waals surface area (Å²) in [6, 6.07) is 14.9. The Hall–Kier alpha value is -2.84. The van der Waals surface area contributed by atoms with E-state index >= 15 is 0 Å². The second-order valence-electron chi connectivity index (χ2n) is 5.62. The van der Waals surface area contributed by atoms with Gasteiger partial charge < -0.3 is 5.32 Å². The van der Waals surface area contributed by atoms with Gasteiger partial charge in [0.15, 0.2) is 11.1 Å². The van der Waals surface area contributed by atoms with Crippen molar-refractivity contribution in [2.24, 2.45) is 24.3 Å². The zero-order valence-corrected chi connectivity index (χ0v) is 15.6. The summed E-state index contributed by atoms with van der Waals surface area (Å²) in [6.07, 6.45) is 3.85. The number of nitrogens with one attached hydrogen (secondary N) is 1. The maximum absolute atomic E-state index is 11.6. The van der Waals surface area contributed by atoms with Crippen LogP contribution in [0, 0.1) is 0 Å². The largest absolute Gasteiger partial charge is 0.421 e. The van der Waals surface area contributed by atoms with E-state index in [9.17, 15) is 4.21 Å². The van der Waals surface area contributed by atoms with E-state index in [0.717, 1.165) is 23.0 Å². The second-order valence-corrected chi connectivity index (χ2v) is 6.89. The molecule has 0 aliphatic rings. The van der Waals surface area contributed by atoms with Crippen LogP contribution in [0.4, 0.5) is 23.0 Å². The van der Waals surface area contributed by atoms with Crippen LogP contribution in [0.25, 0.3) is 0 Å². The number of azo groups is 1. The fourth-order valence-corrected chi connectivity index (χ4v) is 2.90. The van der Waals surface area contributed by atoms with Gasteiger partial charge in [-0.3, -0.25) is 4.18 Å². The Labute approximate surface area is 154 Å². The molecule has 7 nitrogen and oxygen atoms in total. The molecular weight excluding hydrogens is 350 g/mol. The third-order valence-electron chi connectivity index (χ3n) is 3.75. The summed E-state index contributed by atoms with van der Waals surface area (Å²) in [5.41, 5.74) is 2.59. The first-order chi connectivity index (χ1) is 12.6. The standard InChI is InChI=1S/C18H19N5O2S/c1-22-12-13-23(2)18(22)21-20-16-6-4-14(5-7-16)19-15-8-10-17(11-9-15)26(24)25-3/h4-13H,1-3H3/p+1. The monoisotopic (exact) mass is 370 g/mol. The summed E-state index contributed by atoms with van der Waals surface area (Å²) >= 11 is -1.42. The van der Waals surface area contributed by atoms with E-state index < -0.39 is 11.1 Å². The van der Waals surface area contributed by atoms with Crippen molar-refractivity contribution in [2.75, 3.05) is 12.4 Å². The molecule has 1 unspecified atom stereocenters. The van der Waals surface area contributed by atoms with Crippen LogP contribution in [-0.2, 0) is 29.4 Å². The molecule has 0 bridgehead atoms. The Morgan fingerprint density at radius 1 is 1.04 bits per heavy atom. The zero-order valence-electron chi connectivity index (χ0n) is 14.8. The third kappa shape index (κ3) is 4.22.